The van der Waals surface area contributed by atoms with Crippen LogP contribution >= 0.6 is 0 Å². The average Bonchev–Trinajstić information content (AvgIpc) is 2.77. The minimum atomic E-state index is 0.840. The monoisotopic (exact) mass is 252 g/mol. The van der Waals surface area contributed by atoms with Gasteiger partial charge in [0.25, 0.3) is 0 Å². The number of H-pyrrole nitrogens is 1. The van der Waals surface area contributed by atoms with Gasteiger partial charge in [-0.1, -0.05) is 6.07 Å². The third-order valence-corrected chi connectivity index (χ3v) is 3.42. The van der Waals surface area contributed by atoms with Crippen molar-refractivity contribution < 1.29 is 0 Å². The molecule has 0 radical (unpaired) electrons. The summed E-state index contributed by atoms with van der Waals surface area (Å²) in [6.07, 6.45) is 1.77. The zero-order valence-electron chi connectivity index (χ0n) is 11.3. The first kappa shape index (κ1) is 11.7. The van der Waals surface area contributed by atoms with Gasteiger partial charge < -0.3 is 5.32 Å². The number of aromatic amines is 1. The number of aryl methyl sites for hydroxylation is 3. The molecular formula is C15H16N4. The van der Waals surface area contributed by atoms with Crippen molar-refractivity contribution in [1.29, 1.82) is 0 Å². The molecule has 0 bridgehead atoms. The number of rotatable bonds is 2. The highest BCUT2D eigenvalue weighted by atomic mass is 15.1. The molecule has 4 nitrogen and oxygen atoms in total. The van der Waals surface area contributed by atoms with Crippen molar-refractivity contribution in [2.24, 2.45) is 0 Å². The Labute approximate surface area is 111 Å². The standard InChI is InChI=1S/C15H16N4/c1-9-4-5-12(8-10(9)2)17-15-14-11(3)18-19-13(14)6-7-16-15/h4-8H,1-3H3,(H,16,17)(H,18,19). The maximum absolute atomic E-state index is 4.42. The van der Waals surface area contributed by atoms with Crippen LogP contribution in [0.15, 0.2) is 30.5 Å². The normalized spacial score (nSPS) is 10.9. The van der Waals surface area contributed by atoms with Crippen LogP contribution in [-0.4, -0.2) is 15.2 Å². The molecular weight excluding hydrogens is 236 g/mol. The quantitative estimate of drug-likeness (QED) is 0.732. The summed E-state index contributed by atoms with van der Waals surface area (Å²) in [7, 11) is 0. The topological polar surface area (TPSA) is 53.6 Å². The van der Waals surface area contributed by atoms with Crippen molar-refractivity contribution in [3.05, 3.63) is 47.3 Å². The Hall–Kier alpha value is -2.36. The first-order valence-electron chi connectivity index (χ1n) is 6.29. The molecule has 0 amide bonds. The second-order valence-corrected chi connectivity index (χ2v) is 4.83. The molecule has 0 fully saturated rings. The lowest BCUT2D eigenvalue weighted by Crippen LogP contribution is -1.95. The number of pyridine rings is 1. The van der Waals surface area contributed by atoms with Crippen LogP contribution in [0.1, 0.15) is 16.8 Å². The third kappa shape index (κ3) is 2.05. The highest BCUT2D eigenvalue weighted by Gasteiger charge is 2.08. The van der Waals surface area contributed by atoms with E-state index < -0.39 is 0 Å². The van der Waals surface area contributed by atoms with Gasteiger partial charge in [0.15, 0.2) is 0 Å². The van der Waals surface area contributed by atoms with E-state index in [1.165, 1.54) is 11.1 Å². The Morgan fingerprint density at radius 1 is 1.05 bits per heavy atom. The molecule has 4 heteroatoms. The lowest BCUT2D eigenvalue weighted by molar-refractivity contribution is 1.07. The minimum Gasteiger partial charge on any atom is -0.340 e. The first-order chi connectivity index (χ1) is 9.15. The van der Waals surface area contributed by atoms with Gasteiger partial charge in [0.05, 0.1) is 10.9 Å². The van der Waals surface area contributed by atoms with Gasteiger partial charge in [-0.2, -0.15) is 5.10 Å². The number of hydrogen-bond acceptors (Lipinski definition) is 3. The van der Waals surface area contributed by atoms with Crippen LogP contribution in [0.25, 0.3) is 10.9 Å². The van der Waals surface area contributed by atoms with E-state index in [0.29, 0.717) is 0 Å². The lowest BCUT2D eigenvalue weighted by atomic mass is 10.1. The van der Waals surface area contributed by atoms with E-state index in [-0.39, 0.29) is 0 Å². The van der Waals surface area contributed by atoms with Crippen LogP contribution in [-0.2, 0) is 0 Å². The summed E-state index contributed by atoms with van der Waals surface area (Å²) in [4.78, 5) is 4.42. The molecule has 3 aromatic rings. The van der Waals surface area contributed by atoms with E-state index in [0.717, 1.165) is 28.1 Å². The van der Waals surface area contributed by atoms with Gasteiger partial charge in [-0.25, -0.2) is 4.98 Å². The molecule has 3 rings (SSSR count). The zero-order valence-corrected chi connectivity index (χ0v) is 11.3. The number of hydrogen-bond donors (Lipinski definition) is 2. The van der Waals surface area contributed by atoms with Crippen LogP contribution < -0.4 is 5.32 Å². The summed E-state index contributed by atoms with van der Waals surface area (Å²) < 4.78 is 0. The van der Waals surface area contributed by atoms with E-state index >= 15 is 0 Å². The summed E-state index contributed by atoms with van der Waals surface area (Å²) in [5.41, 5.74) is 5.55. The van der Waals surface area contributed by atoms with Gasteiger partial charge in [0.1, 0.15) is 5.82 Å². The molecule has 2 N–H and O–H groups in total. The van der Waals surface area contributed by atoms with Gasteiger partial charge >= 0.3 is 0 Å². The summed E-state index contributed by atoms with van der Waals surface area (Å²) in [6, 6.07) is 8.22. The predicted octanol–water partition coefficient (Wildman–Crippen LogP) is 3.63. The van der Waals surface area contributed by atoms with E-state index in [4.69, 9.17) is 0 Å². The van der Waals surface area contributed by atoms with E-state index in [2.05, 4.69) is 52.5 Å². The van der Waals surface area contributed by atoms with Gasteiger partial charge in [-0.05, 0) is 50.1 Å². The maximum atomic E-state index is 4.42. The Balaban J connectivity index is 2.05. The second-order valence-electron chi connectivity index (χ2n) is 4.83. The van der Waals surface area contributed by atoms with Crippen molar-refractivity contribution in [3.8, 4) is 0 Å². The van der Waals surface area contributed by atoms with Gasteiger partial charge in [-0.3, -0.25) is 5.10 Å². The largest absolute Gasteiger partial charge is 0.340 e. The third-order valence-electron chi connectivity index (χ3n) is 3.42. The number of nitrogens with one attached hydrogen (secondary N) is 2. The predicted molar refractivity (Wildman–Crippen MR) is 77.8 cm³/mol. The smallest absolute Gasteiger partial charge is 0.141 e. The van der Waals surface area contributed by atoms with E-state index in [1.54, 1.807) is 6.20 Å². The number of fused-ring (bicyclic) bond motifs is 1. The Bertz CT molecular complexity index is 743. The fraction of sp³-hybridized carbons (Fsp3) is 0.200. The molecule has 0 saturated heterocycles. The summed E-state index contributed by atoms with van der Waals surface area (Å²) in [5.74, 6) is 0.840. The molecule has 2 aromatic heterocycles. The molecule has 0 spiro atoms. The maximum Gasteiger partial charge on any atom is 0.141 e. The number of aromatic nitrogens is 3. The Morgan fingerprint density at radius 3 is 2.68 bits per heavy atom. The summed E-state index contributed by atoms with van der Waals surface area (Å²) >= 11 is 0. The first-order valence-corrected chi connectivity index (χ1v) is 6.29. The molecule has 19 heavy (non-hydrogen) atoms. The minimum absolute atomic E-state index is 0.840. The SMILES string of the molecule is Cc1ccc(Nc2nccc3n[nH]c(C)c23)cc1C. The molecule has 96 valence electrons. The molecule has 0 aliphatic heterocycles. The second kappa shape index (κ2) is 4.39. The molecule has 0 unspecified atom stereocenters. The summed E-state index contributed by atoms with van der Waals surface area (Å²) in [5, 5.41) is 11.7. The number of anilines is 2. The van der Waals surface area contributed by atoms with Crippen LogP contribution in [0.3, 0.4) is 0 Å². The molecule has 0 atom stereocenters. The Kier molecular flexibility index (Phi) is 2.71. The van der Waals surface area contributed by atoms with Crippen LogP contribution in [0.2, 0.25) is 0 Å². The highest BCUT2D eigenvalue weighted by Crippen LogP contribution is 2.26. The van der Waals surface area contributed by atoms with E-state index in [9.17, 15) is 0 Å². The molecule has 0 aliphatic rings. The lowest BCUT2D eigenvalue weighted by Gasteiger charge is -2.09. The van der Waals surface area contributed by atoms with Crippen LogP contribution in [0, 0.1) is 20.8 Å². The molecule has 2 heterocycles. The average molecular weight is 252 g/mol. The van der Waals surface area contributed by atoms with Crippen LogP contribution in [0.5, 0.6) is 0 Å². The van der Waals surface area contributed by atoms with Crippen molar-refractivity contribution in [1.82, 2.24) is 15.2 Å². The van der Waals surface area contributed by atoms with Crippen molar-refractivity contribution in [2.45, 2.75) is 20.8 Å². The fourth-order valence-electron chi connectivity index (χ4n) is 2.17. The van der Waals surface area contributed by atoms with Crippen LogP contribution in [0.4, 0.5) is 11.5 Å². The van der Waals surface area contributed by atoms with Crippen molar-refractivity contribution >= 4 is 22.4 Å². The number of nitrogens with zero attached hydrogens (tertiary/aromatic N) is 2. The van der Waals surface area contributed by atoms with Gasteiger partial charge in [-0.15, -0.1) is 0 Å². The summed E-state index contributed by atoms with van der Waals surface area (Å²) in [6.45, 7) is 6.22. The van der Waals surface area contributed by atoms with Gasteiger partial charge in [0, 0.05) is 17.6 Å². The highest BCUT2D eigenvalue weighted by molar-refractivity contribution is 5.92. The molecule has 0 aliphatic carbocycles. The fourth-order valence-corrected chi connectivity index (χ4v) is 2.17. The van der Waals surface area contributed by atoms with Crippen molar-refractivity contribution in [3.63, 3.8) is 0 Å². The zero-order chi connectivity index (χ0) is 13.4. The van der Waals surface area contributed by atoms with Crippen molar-refractivity contribution in [2.75, 3.05) is 5.32 Å². The Morgan fingerprint density at radius 2 is 1.89 bits per heavy atom. The van der Waals surface area contributed by atoms with E-state index in [1.807, 2.05) is 13.0 Å². The molecule has 0 saturated carbocycles. The number of benzene rings is 1. The molecule has 1 aromatic carbocycles. The van der Waals surface area contributed by atoms with Gasteiger partial charge in [0.2, 0.25) is 0 Å².